The number of azide groups is 1. The Bertz CT molecular complexity index is 723. The lowest BCUT2D eigenvalue weighted by Gasteiger charge is -2.58. The molecule has 0 aromatic heterocycles. The molecule has 0 N–H and O–H groups in total. The summed E-state index contributed by atoms with van der Waals surface area (Å²) in [5.41, 5.74) is 10.2. The maximum absolute atomic E-state index is 12.6. The van der Waals surface area contributed by atoms with Crippen molar-refractivity contribution in [3.05, 3.63) is 22.1 Å². The molecule has 0 aromatic carbocycles. The molecule has 0 spiro atoms. The highest BCUT2D eigenvalue weighted by atomic mass is 16.1. The molecule has 3 saturated carbocycles. The van der Waals surface area contributed by atoms with Gasteiger partial charge in [0.15, 0.2) is 5.78 Å². The van der Waals surface area contributed by atoms with Crippen LogP contribution in [-0.2, 0) is 9.59 Å². The fraction of sp³-hybridized carbons (Fsp3) is 0.810. The van der Waals surface area contributed by atoms with E-state index in [0.717, 1.165) is 44.9 Å². The van der Waals surface area contributed by atoms with Crippen molar-refractivity contribution in [1.82, 2.24) is 0 Å². The summed E-state index contributed by atoms with van der Waals surface area (Å²) < 4.78 is 0. The van der Waals surface area contributed by atoms with Gasteiger partial charge in [0.2, 0.25) is 0 Å². The first-order valence-corrected chi connectivity index (χ1v) is 10.2. The molecule has 4 aliphatic rings. The van der Waals surface area contributed by atoms with Crippen LogP contribution in [0, 0.1) is 34.5 Å². The van der Waals surface area contributed by atoms with Crippen LogP contribution < -0.4 is 0 Å². The maximum atomic E-state index is 12.6. The summed E-state index contributed by atoms with van der Waals surface area (Å²) >= 11 is 0. The van der Waals surface area contributed by atoms with Crippen LogP contribution in [0.5, 0.6) is 0 Å². The van der Waals surface area contributed by atoms with E-state index in [4.69, 9.17) is 5.53 Å². The van der Waals surface area contributed by atoms with Crippen LogP contribution in [0.15, 0.2) is 16.8 Å². The SMILES string of the molecule is C[C@]12CC[C@H]3[C@@H](CCC4=CC(=O)CC[C@@]43C)[C@@H]1CC[C@@H]2C(=O)CN=[N+]=[N-]. The van der Waals surface area contributed by atoms with Crippen LogP contribution >= 0.6 is 0 Å². The second kappa shape index (κ2) is 6.23. The summed E-state index contributed by atoms with van der Waals surface area (Å²) in [6.45, 7) is 4.71. The van der Waals surface area contributed by atoms with Gasteiger partial charge in [0.25, 0.3) is 0 Å². The third-order valence-corrected chi connectivity index (χ3v) is 8.64. The Kier molecular flexibility index (Phi) is 4.26. The minimum atomic E-state index is 0.00425. The van der Waals surface area contributed by atoms with Crippen molar-refractivity contribution in [3.8, 4) is 0 Å². The van der Waals surface area contributed by atoms with Gasteiger partial charge in [0.05, 0.1) is 6.54 Å². The molecule has 5 heteroatoms. The van der Waals surface area contributed by atoms with Crippen LogP contribution in [0.3, 0.4) is 0 Å². The van der Waals surface area contributed by atoms with Crippen LogP contribution in [0.1, 0.15) is 65.2 Å². The van der Waals surface area contributed by atoms with Crippen LogP contribution in [-0.4, -0.2) is 18.1 Å². The van der Waals surface area contributed by atoms with Crippen molar-refractivity contribution in [2.45, 2.75) is 65.2 Å². The number of allylic oxidation sites excluding steroid dienone is 1. The van der Waals surface area contributed by atoms with Crippen molar-refractivity contribution in [2.75, 3.05) is 6.54 Å². The molecular weight excluding hydrogens is 326 g/mol. The Labute approximate surface area is 155 Å². The summed E-state index contributed by atoms with van der Waals surface area (Å²) in [6.07, 6.45) is 10.2. The van der Waals surface area contributed by atoms with Crippen LogP contribution in [0.4, 0.5) is 0 Å². The number of nitrogens with zero attached hydrogens (tertiary/aromatic N) is 3. The van der Waals surface area contributed by atoms with Crippen molar-refractivity contribution in [1.29, 1.82) is 0 Å². The predicted molar refractivity (Wildman–Crippen MR) is 99.2 cm³/mol. The molecule has 4 aliphatic carbocycles. The molecule has 0 saturated heterocycles. The van der Waals surface area contributed by atoms with E-state index in [9.17, 15) is 9.59 Å². The Hall–Kier alpha value is -1.61. The van der Waals surface area contributed by atoms with E-state index >= 15 is 0 Å². The second-order valence-corrected chi connectivity index (χ2v) is 9.50. The average Bonchev–Trinajstić information content (AvgIpc) is 2.97. The molecule has 4 rings (SSSR count). The number of Topliss-reactive ketones (excluding diaryl/α,β-unsaturated/α-hetero) is 1. The molecule has 0 radical (unpaired) electrons. The molecule has 0 unspecified atom stereocenters. The van der Waals surface area contributed by atoms with Crippen molar-refractivity contribution in [2.24, 2.45) is 39.6 Å². The van der Waals surface area contributed by atoms with E-state index in [1.807, 2.05) is 6.08 Å². The van der Waals surface area contributed by atoms with Gasteiger partial charge in [-0.05, 0) is 85.1 Å². The minimum absolute atomic E-state index is 0.00425. The lowest BCUT2D eigenvalue weighted by molar-refractivity contribution is -0.129. The van der Waals surface area contributed by atoms with Gasteiger partial charge in [-0.25, -0.2) is 0 Å². The number of hydrogen-bond donors (Lipinski definition) is 0. The molecular formula is C21H29N3O2. The zero-order valence-electron chi connectivity index (χ0n) is 15.9. The molecule has 0 heterocycles. The minimum Gasteiger partial charge on any atom is -0.299 e. The number of hydrogen-bond acceptors (Lipinski definition) is 3. The monoisotopic (exact) mass is 355 g/mol. The zero-order chi connectivity index (χ0) is 18.5. The van der Waals surface area contributed by atoms with Crippen molar-refractivity contribution >= 4 is 11.6 Å². The number of fused-ring (bicyclic) bond motifs is 5. The topological polar surface area (TPSA) is 82.9 Å². The summed E-state index contributed by atoms with van der Waals surface area (Å²) in [7, 11) is 0. The molecule has 0 bridgehead atoms. The van der Waals surface area contributed by atoms with E-state index in [1.165, 1.54) is 5.57 Å². The van der Waals surface area contributed by atoms with Gasteiger partial charge >= 0.3 is 0 Å². The second-order valence-electron chi connectivity index (χ2n) is 9.50. The van der Waals surface area contributed by atoms with Crippen molar-refractivity contribution < 1.29 is 9.59 Å². The number of ketones is 2. The highest BCUT2D eigenvalue weighted by molar-refractivity contribution is 5.91. The van der Waals surface area contributed by atoms with Crippen LogP contribution in [0.25, 0.3) is 10.4 Å². The zero-order valence-corrected chi connectivity index (χ0v) is 15.9. The van der Waals surface area contributed by atoms with Gasteiger partial charge in [-0.15, -0.1) is 0 Å². The van der Waals surface area contributed by atoms with Crippen LogP contribution in [0.2, 0.25) is 0 Å². The number of rotatable bonds is 3. The number of carbonyl (C=O) groups is 2. The van der Waals surface area contributed by atoms with Crippen molar-refractivity contribution in [3.63, 3.8) is 0 Å². The molecule has 0 amide bonds. The Balaban J connectivity index is 1.60. The normalized spacial score (nSPS) is 44.2. The molecule has 0 aliphatic heterocycles. The molecule has 5 nitrogen and oxygen atoms in total. The number of carbonyl (C=O) groups excluding carboxylic acids is 2. The van der Waals surface area contributed by atoms with Gasteiger partial charge < -0.3 is 0 Å². The van der Waals surface area contributed by atoms with Gasteiger partial charge in [-0.3, -0.25) is 9.59 Å². The first-order valence-electron chi connectivity index (χ1n) is 10.2. The summed E-state index contributed by atoms with van der Waals surface area (Å²) in [6, 6.07) is 0. The first-order chi connectivity index (χ1) is 12.4. The Morgan fingerprint density at radius 3 is 2.77 bits per heavy atom. The van der Waals surface area contributed by atoms with Gasteiger partial charge in [0, 0.05) is 17.3 Å². The summed E-state index contributed by atoms with van der Waals surface area (Å²) in [5.74, 6) is 2.41. The standard InChI is InChI=1S/C21H29N3O2/c1-20-9-7-14(25)11-13(20)3-4-15-16-5-6-18(19(26)12-23-24-22)21(16,2)10-8-17(15)20/h11,15-18H,3-10,12H2,1-2H3/t15-,16-,17-,18+,20-,21-/m0/s1. The van der Waals surface area contributed by atoms with E-state index in [-0.39, 0.29) is 29.1 Å². The fourth-order valence-electron chi connectivity index (χ4n) is 7.30. The molecule has 0 aromatic rings. The summed E-state index contributed by atoms with van der Waals surface area (Å²) in [4.78, 5) is 27.3. The highest BCUT2D eigenvalue weighted by Crippen LogP contribution is 2.66. The molecule has 140 valence electrons. The fourth-order valence-corrected chi connectivity index (χ4v) is 7.30. The van der Waals surface area contributed by atoms with E-state index in [0.29, 0.717) is 30.0 Å². The lowest BCUT2D eigenvalue weighted by Crippen LogP contribution is -2.51. The molecule has 6 atom stereocenters. The Morgan fingerprint density at radius 1 is 1.19 bits per heavy atom. The molecule has 3 fully saturated rings. The maximum Gasteiger partial charge on any atom is 0.155 e. The van der Waals surface area contributed by atoms with Gasteiger partial charge in [-0.1, -0.05) is 24.5 Å². The van der Waals surface area contributed by atoms with E-state index in [1.54, 1.807) is 0 Å². The summed E-state index contributed by atoms with van der Waals surface area (Å²) in [5, 5.41) is 3.53. The molecule has 26 heavy (non-hydrogen) atoms. The largest absolute Gasteiger partial charge is 0.299 e. The lowest BCUT2D eigenvalue weighted by atomic mass is 9.46. The van der Waals surface area contributed by atoms with Gasteiger partial charge in [0.1, 0.15) is 5.78 Å². The predicted octanol–water partition coefficient (Wildman–Crippen LogP) is 5.01. The van der Waals surface area contributed by atoms with E-state index in [2.05, 4.69) is 23.9 Å². The van der Waals surface area contributed by atoms with E-state index < -0.39 is 0 Å². The quantitative estimate of drug-likeness (QED) is 0.405. The smallest absolute Gasteiger partial charge is 0.155 e. The third kappa shape index (κ3) is 2.47. The Morgan fingerprint density at radius 2 is 2.00 bits per heavy atom. The third-order valence-electron chi connectivity index (χ3n) is 8.64. The van der Waals surface area contributed by atoms with Gasteiger partial charge in [-0.2, -0.15) is 0 Å². The average molecular weight is 355 g/mol. The highest BCUT2D eigenvalue weighted by Gasteiger charge is 2.59. The first kappa shape index (κ1) is 17.8.